The van der Waals surface area contributed by atoms with Gasteiger partial charge in [0.2, 0.25) is 5.91 Å². The number of rotatable bonds is 10. The summed E-state index contributed by atoms with van der Waals surface area (Å²) in [5.41, 5.74) is 1.47. The molecule has 214 valence electrons. The van der Waals surface area contributed by atoms with Crippen molar-refractivity contribution in [2.24, 2.45) is 0 Å². The second kappa shape index (κ2) is 13.8. The zero-order valence-corrected chi connectivity index (χ0v) is 22.6. The van der Waals surface area contributed by atoms with E-state index in [0.29, 0.717) is 24.5 Å². The van der Waals surface area contributed by atoms with Crippen molar-refractivity contribution in [3.63, 3.8) is 0 Å². The molecule has 0 saturated carbocycles. The lowest BCUT2D eigenvalue weighted by molar-refractivity contribution is -0.138. The molecular formula is C28H35N5O7. The average Bonchev–Trinajstić information content (AvgIpc) is 3.48. The van der Waals surface area contributed by atoms with Crippen LogP contribution in [0.2, 0.25) is 0 Å². The highest BCUT2D eigenvalue weighted by Gasteiger charge is 2.31. The fourth-order valence-electron chi connectivity index (χ4n) is 4.78. The molecule has 1 aromatic carbocycles. The van der Waals surface area contributed by atoms with Crippen LogP contribution in [0.4, 0.5) is 4.79 Å². The number of carbonyl (C=O) groups excluding carboxylic acids is 3. The normalized spacial score (nSPS) is 17.8. The number of carbonyl (C=O) groups is 4. The Morgan fingerprint density at radius 2 is 1.82 bits per heavy atom. The standard InChI is InChI=1S/C28H35N5O7/c1-2-39-28(38)33-14-12-32(13-15-33)27(37)22(10-11-24(34)35)31-26(36)23-18-20(17-21-9-6-16-40-21)29-25(30-23)19-7-4-3-5-8-19/h3-5,7-8,18,21-22H,2,6,9-17H2,1H3,(H,31,36)(H,34,35)/t21?,22-/m0/s1. The molecule has 40 heavy (non-hydrogen) atoms. The predicted molar refractivity (Wildman–Crippen MR) is 143 cm³/mol. The van der Waals surface area contributed by atoms with Crippen molar-refractivity contribution in [2.45, 2.75) is 51.2 Å². The van der Waals surface area contributed by atoms with E-state index < -0.39 is 29.9 Å². The lowest BCUT2D eigenvalue weighted by atomic mass is 10.1. The van der Waals surface area contributed by atoms with Gasteiger partial charge in [0.15, 0.2) is 5.82 Å². The van der Waals surface area contributed by atoms with Crippen molar-refractivity contribution in [2.75, 3.05) is 39.4 Å². The first-order chi connectivity index (χ1) is 19.3. The van der Waals surface area contributed by atoms with Crippen LogP contribution < -0.4 is 5.32 Å². The van der Waals surface area contributed by atoms with E-state index in [2.05, 4.69) is 15.3 Å². The molecule has 1 unspecified atom stereocenters. The van der Waals surface area contributed by atoms with Gasteiger partial charge in [0.25, 0.3) is 5.91 Å². The third kappa shape index (κ3) is 7.75. The Bertz CT molecular complexity index is 1190. The number of hydrogen-bond acceptors (Lipinski definition) is 8. The number of nitrogens with zero attached hydrogens (tertiary/aromatic N) is 4. The minimum Gasteiger partial charge on any atom is -0.481 e. The van der Waals surface area contributed by atoms with Crippen LogP contribution in [0, 0.1) is 0 Å². The molecule has 2 aliphatic heterocycles. The fraction of sp³-hybridized carbons (Fsp3) is 0.500. The van der Waals surface area contributed by atoms with Crippen LogP contribution in [-0.2, 0) is 25.5 Å². The number of ether oxygens (including phenoxy) is 2. The first kappa shape index (κ1) is 28.9. The van der Waals surface area contributed by atoms with Gasteiger partial charge in [-0.2, -0.15) is 0 Å². The highest BCUT2D eigenvalue weighted by Crippen LogP contribution is 2.20. The van der Waals surface area contributed by atoms with Crippen LogP contribution in [-0.4, -0.2) is 100 Å². The van der Waals surface area contributed by atoms with Gasteiger partial charge in [-0.1, -0.05) is 30.3 Å². The maximum absolute atomic E-state index is 13.5. The SMILES string of the molecule is CCOC(=O)N1CCN(C(=O)[C@H](CCC(=O)O)NC(=O)c2cc(CC3CCCO3)nc(-c3ccccc3)n2)CC1. The molecule has 0 radical (unpaired) electrons. The van der Waals surface area contributed by atoms with E-state index in [-0.39, 0.29) is 57.4 Å². The Kier molecular flexibility index (Phi) is 10.0. The first-order valence-electron chi connectivity index (χ1n) is 13.6. The van der Waals surface area contributed by atoms with Crippen molar-refractivity contribution < 1.29 is 33.8 Å². The van der Waals surface area contributed by atoms with Crippen LogP contribution in [0.1, 0.15) is 48.8 Å². The number of carboxylic acid groups (broad SMARTS) is 1. The van der Waals surface area contributed by atoms with Gasteiger partial charge in [-0.05, 0) is 32.3 Å². The van der Waals surface area contributed by atoms with E-state index >= 15 is 0 Å². The molecule has 2 saturated heterocycles. The van der Waals surface area contributed by atoms with Gasteiger partial charge in [-0.3, -0.25) is 14.4 Å². The molecule has 0 spiro atoms. The Morgan fingerprint density at radius 1 is 1.10 bits per heavy atom. The molecular weight excluding hydrogens is 518 g/mol. The van der Waals surface area contributed by atoms with Crippen molar-refractivity contribution >= 4 is 23.9 Å². The number of carboxylic acids is 1. The minimum atomic E-state index is -1.08. The smallest absolute Gasteiger partial charge is 0.409 e. The van der Waals surface area contributed by atoms with E-state index in [4.69, 9.17) is 9.47 Å². The molecule has 4 rings (SSSR count). The number of benzene rings is 1. The Balaban J connectivity index is 1.52. The van der Waals surface area contributed by atoms with Gasteiger partial charge >= 0.3 is 12.1 Å². The van der Waals surface area contributed by atoms with Crippen molar-refractivity contribution in [1.82, 2.24) is 25.1 Å². The molecule has 3 heterocycles. The van der Waals surface area contributed by atoms with Crippen LogP contribution in [0.25, 0.3) is 11.4 Å². The second-order valence-corrected chi connectivity index (χ2v) is 9.74. The van der Waals surface area contributed by atoms with Crippen LogP contribution in [0.5, 0.6) is 0 Å². The first-order valence-corrected chi connectivity index (χ1v) is 13.6. The van der Waals surface area contributed by atoms with Crippen molar-refractivity contribution in [1.29, 1.82) is 0 Å². The van der Waals surface area contributed by atoms with Crippen LogP contribution >= 0.6 is 0 Å². The topological polar surface area (TPSA) is 151 Å². The quantitative estimate of drug-likeness (QED) is 0.451. The molecule has 12 heteroatoms. The summed E-state index contributed by atoms with van der Waals surface area (Å²) in [4.78, 5) is 62.4. The third-order valence-corrected chi connectivity index (χ3v) is 6.87. The molecule has 12 nitrogen and oxygen atoms in total. The number of amides is 3. The number of aromatic nitrogens is 2. The summed E-state index contributed by atoms with van der Waals surface area (Å²) in [5.74, 6) is -1.70. The van der Waals surface area contributed by atoms with Gasteiger partial charge in [0, 0.05) is 56.9 Å². The number of piperazine rings is 1. The molecule has 3 amide bonds. The third-order valence-electron chi connectivity index (χ3n) is 6.87. The highest BCUT2D eigenvalue weighted by molar-refractivity contribution is 5.96. The Hall–Kier alpha value is -4.06. The lowest BCUT2D eigenvalue weighted by Crippen LogP contribution is -2.56. The van der Waals surface area contributed by atoms with E-state index in [1.807, 2.05) is 30.3 Å². The summed E-state index contributed by atoms with van der Waals surface area (Å²) in [6, 6.07) is 9.80. The maximum atomic E-state index is 13.5. The average molecular weight is 554 g/mol. The molecule has 0 aliphatic carbocycles. The maximum Gasteiger partial charge on any atom is 0.409 e. The van der Waals surface area contributed by atoms with Gasteiger partial charge in [0.1, 0.15) is 11.7 Å². The second-order valence-electron chi connectivity index (χ2n) is 9.74. The van der Waals surface area contributed by atoms with Crippen molar-refractivity contribution in [3.8, 4) is 11.4 Å². The highest BCUT2D eigenvalue weighted by atomic mass is 16.6. The summed E-state index contributed by atoms with van der Waals surface area (Å²) < 4.78 is 10.8. The summed E-state index contributed by atoms with van der Waals surface area (Å²) in [6.45, 7) is 3.72. The molecule has 1 aromatic heterocycles. The van der Waals surface area contributed by atoms with E-state index in [0.717, 1.165) is 18.4 Å². The van der Waals surface area contributed by atoms with Gasteiger partial charge in [-0.25, -0.2) is 14.8 Å². The molecule has 2 fully saturated rings. The van der Waals surface area contributed by atoms with E-state index in [9.17, 15) is 24.3 Å². The predicted octanol–water partition coefficient (Wildman–Crippen LogP) is 2.13. The van der Waals surface area contributed by atoms with Crippen LogP contribution in [0.3, 0.4) is 0 Å². The zero-order valence-electron chi connectivity index (χ0n) is 22.6. The molecule has 2 atom stereocenters. The summed E-state index contributed by atoms with van der Waals surface area (Å²) >= 11 is 0. The summed E-state index contributed by atoms with van der Waals surface area (Å²) in [6.07, 6.45) is 1.57. The largest absolute Gasteiger partial charge is 0.481 e. The monoisotopic (exact) mass is 553 g/mol. The Morgan fingerprint density at radius 3 is 2.48 bits per heavy atom. The summed E-state index contributed by atoms with van der Waals surface area (Å²) in [5, 5.41) is 12.0. The van der Waals surface area contributed by atoms with Crippen molar-refractivity contribution in [3.05, 3.63) is 47.8 Å². The number of aliphatic carboxylic acids is 1. The van der Waals surface area contributed by atoms with E-state index in [1.165, 1.54) is 9.80 Å². The molecule has 2 aliphatic rings. The minimum absolute atomic E-state index is 0.00704. The number of hydrogen-bond donors (Lipinski definition) is 2. The van der Waals surface area contributed by atoms with Gasteiger partial charge in [-0.15, -0.1) is 0 Å². The zero-order chi connectivity index (χ0) is 28.5. The van der Waals surface area contributed by atoms with Gasteiger partial charge < -0.3 is 29.7 Å². The summed E-state index contributed by atoms with van der Waals surface area (Å²) in [7, 11) is 0. The van der Waals surface area contributed by atoms with E-state index in [1.54, 1.807) is 13.0 Å². The fourth-order valence-corrected chi connectivity index (χ4v) is 4.78. The molecule has 0 bridgehead atoms. The van der Waals surface area contributed by atoms with Crippen LogP contribution in [0.15, 0.2) is 36.4 Å². The van der Waals surface area contributed by atoms with Gasteiger partial charge in [0.05, 0.1) is 12.7 Å². The Labute approximate surface area is 232 Å². The number of nitrogens with one attached hydrogen (secondary N) is 1. The molecule has 2 N–H and O–H groups in total. The lowest BCUT2D eigenvalue weighted by Gasteiger charge is -2.35. The molecule has 2 aromatic rings.